The van der Waals surface area contributed by atoms with Gasteiger partial charge in [-0.1, -0.05) is 36.4 Å². The zero-order chi connectivity index (χ0) is 22.9. The monoisotopic (exact) mass is 433 g/mol. The van der Waals surface area contributed by atoms with Gasteiger partial charge in [-0.15, -0.1) is 0 Å². The minimum Gasteiger partial charge on any atom is -0.508 e. The Bertz CT molecular complexity index is 1140. The standard InChI is InChI=1S/C25H23NO6/c1-30-22-9-4-3-8-20(22)26-25(29)16-32-23-13-11-17(14-24(23)31-2)10-12-21(28)18-6-5-7-19(27)15-18/h3-15,27H,16H2,1-2H3,(H,26,29)/b12-10+. The summed E-state index contributed by atoms with van der Waals surface area (Å²) in [5, 5.41) is 12.2. The van der Waals surface area contributed by atoms with E-state index < -0.39 is 0 Å². The summed E-state index contributed by atoms with van der Waals surface area (Å²) in [5.74, 6) is 0.795. The van der Waals surface area contributed by atoms with Crippen LogP contribution in [0.2, 0.25) is 0 Å². The third-order valence-corrected chi connectivity index (χ3v) is 4.49. The van der Waals surface area contributed by atoms with Crippen LogP contribution in [0.15, 0.2) is 72.8 Å². The van der Waals surface area contributed by atoms with Gasteiger partial charge in [0.1, 0.15) is 11.5 Å². The molecule has 0 atom stereocenters. The Hall–Kier alpha value is -4.26. The maximum Gasteiger partial charge on any atom is 0.262 e. The number of aromatic hydroxyl groups is 1. The number of phenols is 1. The molecule has 0 unspecified atom stereocenters. The molecule has 3 aromatic rings. The Kier molecular flexibility index (Phi) is 7.48. The van der Waals surface area contributed by atoms with Gasteiger partial charge in [-0.05, 0) is 48.0 Å². The lowest BCUT2D eigenvalue weighted by atomic mass is 10.1. The molecule has 2 N–H and O–H groups in total. The smallest absolute Gasteiger partial charge is 0.262 e. The third-order valence-electron chi connectivity index (χ3n) is 4.49. The number of ketones is 1. The number of anilines is 1. The van der Waals surface area contributed by atoms with E-state index in [-0.39, 0.29) is 24.0 Å². The number of hydrogen-bond acceptors (Lipinski definition) is 6. The van der Waals surface area contributed by atoms with Crippen LogP contribution in [0.25, 0.3) is 6.08 Å². The van der Waals surface area contributed by atoms with E-state index in [1.807, 2.05) is 6.07 Å². The molecule has 0 aliphatic carbocycles. The predicted molar refractivity (Wildman–Crippen MR) is 122 cm³/mol. The van der Waals surface area contributed by atoms with Crippen LogP contribution in [-0.2, 0) is 4.79 Å². The molecule has 1 amide bonds. The number of nitrogens with one attached hydrogen (secondary N) is 1. The Balaban J connectivity index is 1.63. The average Bonchev–Trinajstić information content (AvgIpc) is 2.81. The lowest BCUT2D eigenvalue weighted by Gasteiger charge is -2.13. The highest BCUT2D eigenvalue weighted by atomic mass is 16.5. The van der Waals surface area contributed by atoms with Crippen molar-refractivity contribution in [2.75, 3.05) is 26.1 Å². The van der Waals surface area contributed by atoms with Gasteiger partial charge in [0.15, 0.2) is 23.9 Å². The summed E-state index contributed by atoms with van der Waals surface area (Å²) in [6.07, 6.45) is 3.04. The molecule has 0 bridgehead atoms. The fourth-order valence-corrected chi connectivity index (χ4v) is 2.91. The second-order valence-electron chi connectivity index (χ2n) is 6.70. The maximum atomic E-state index is 12.3. The molecule has 0 heterocycles. The number of methoxy groups -OCH3 is 2. The van der Waals surface area contributed by atoms with E-state index in [0.717, 1.165) is 0 Å². The van der Waals surface area contributed by atoms with Gasteiger partial charge in [-0.3, -0.25) is 9.59 Å². The second kappa shape index (κ2) is 10.7. The third kappa shape index (κ3) is 5.89. The molecule has 0 saturated carbocycles. The number of para-hydroxylation sites is 2. The van der Waals surface area contributed by atoms with Crippen LogP contribution in [0.1, 0.15) is 15.9 Å². The second-order valence-corrected chi connectivity index (χ2v) is 6.70. The first-order valence-corrected chi connectivity index (χ1v) is 9.75. The zero-order valence-corrected chi connectivity index (χ0v) is 17.7. The van der Waals surface area contributed by atoms with Crippen molar-refractivity contribution in [3.8, 4) is 23.0 Å². The first-order valence-electron chi connectivity index (χ1n) is 9.75. The van der Waals surface area contributed by atoms with Crippen LogP contribution in [0.4, 0.5) is 5.69 Å². The molecule has 164 valence electrons. The van der Waals surface area contributed by atoms with Crippen molar-refractivity contribution in [2.24, 2.45) is 0 Å². The molecule has 0 aliphatic rings. The van der Waals surface area contributed by atoms with Gasteiger partial charge in [0, 0.05) is 5.56 Å². The molecule has 0 spiro atoms. The lowest BCUT2D eigenvalue weighted by molar-refractivity contribution is -0.118. The number of carbonyl (C=O) groups is 2. The molecule has 0 aliphatic heterocycles. The number of phenolic OH excluding ortho intramolecular Hbond substituents is 1. The summed E-state index contributed by atoms with van der Waals surface area (Å²) in [4.78, 5) is 24.5. The number of rotatable bonds is 9. The van der Waals surface area contributed by atoms with Crippen molar-refractivity contribution >= 4 is 23.5 Å². The van der Waals surface area contributed by atoms with Crippen molar-refractivity contribution in [3.05, 3.63) is 83.9 Å². The number of hydrogen-bond donors (Lipinski definition) is 2. The molecule has 7 nitrogen and oxygen atoms in total. The Morgan fingerprint density at radius 2 is 1.69 bits per heavy atom. The highest BCUT2D eigenvalue weighted by molar-refractivity contribution is 6.07. The molecule has 7 heteroatoms. The van der Waals surface area contributed by atoms with E-state index in [0.29, 0.717) is 34.1 Å². The fourth-order valence-electron chi connectivity index (χ4n) is 2.91. The number of benzene rings is 3. The molecular formula is C25H23NO6. The molecule has 0 fully saturated rings. The molecule has 0 aromatic heterocycles. The van der Waals surface area contributed by atoms with Crippen LogP contribution >= 0.6 is 0 Å². The number of ether oxygens (including phenoxy) is 3. The lowest BCUT2D eigenvalue weighted by Crippen LogP contribution is -2.20. The van der Waals surface area contributed by atoms with E-state index in [2.05, 4.69) is 5.32 Å². The highest BCUT2D eigenvalue weighted by Crippen LogP contribution is 2.29. The summed E-state index contributed by atoms with van der Waals surface area (Å²) in [6.45, 7) is -0.223. The Labute approximate surface area is 185 Å². The summed E-state index contributed by atoms with van der Waals surface area (Å²) in [5.41, 5.74) is 1.64. The van der Waals surface area contributed by atoms with Crippen molar-refractivity contribution in [1.82, 2.24) is 0 Å². The minimum atomic E-state index is -0.350. The Morgan fingerprint density at radius 1 is 0.906 bits per heavy atom. The van der Waals surface area contributed by atoms with Gasteiger partial charge in [-0.25, -0.2) is 0 Å². The van der Waals surface area contributed by atoms with Gasteiger partial charge in [-0.2, -0.15) is 0 Å². The predicted octanol–water partition coefficient (Wildman–Crippen LogP) is 4.32. The summed E-state index contributed by atoms with van der Waals surface area (Å²) in [7, 11) is 3.02. The normalized spacial score (nSPS) is 10.6. The molecule has 3 aromatic carbocycles. The van der Waals surface area contributed by atoms with Crippen LogP contribution in [0.5, 0.6) is 23.0 Å². The summed E-state index contributed by atoms with van der Waals surface area (Å²) >= 11 is 0. The molecule has 32 heavy (non-hydrogen) atoms. The molecule has 0 saturated heterocycles. The Morgan fingerprint density at radius 3 is 2.44 bits per heavy atom. The molecule has 0 radical (unpaired) electrons. The van der Waals surface area contributed by atoms with Crippen LogP contribution in [0.3, 0.4) is 0 Å². The maximum absolute atomic E-state index is 12.3. The number of allylic oxidation sites excluding steroid dienone is 1. The van der Waals surface area contributed by atoms with E-state index >= 15 is 0 Å². The van der Waals surface area contributed by atoms with Crippen molar-refractivity contribution < 1.29 is 28.9 Å². The van der Waals surface area contributed by atoms with Crippen molar-refractivity contribution in [1.29, 1.82) is 0 Å². The zero-order valence-electron chi connectivity index (χ0n) is 17.7. The largest absolute Gasteiger partial charge is 0.508 e. The van der Waals surface area contributed by atoms with Gasteiger partial charge < -0.3 is 24.6 Å². The van der Waals surface area contributed by atoms with Crippen molar-refractivity contribution in [3.63, 3.8) is 0 Å². The minimum absolute atomic E-state index is 0.0298. The van der Waals surface area contributed by atoms with Gasteiger partial charge in [0.05, 0.1) is 19.9 Å². The summed E-state index contributed by atoms with van der Waals surface area (Å²) in [6, 6.07) is 18.3. The number of amides is 1. The van der Waals surface area contributed by atoms with Crippen LogP contribution in [0, 0.1) is 0 Å². The average molecular weight is 433 g/mol. The fraction of sp³-hybridized carbons (Fsp3) is 0.120. The first-order chi connectivity index (χ1) is 15.5. The topological polar surface area (TPSA) is 94.1 Å². The van der Waals surface area contributed by atoms with Gasteiger partial charge >= 0.3 is 0 Å². The van der Waals surface area contributed by atoms with Crippen LogP contribution < -0.4 is 19.5 Å². The van der Waals surface area contributed by atoms with Crippen molar-refractivity contribution in [2.45, 2.75) is 0 Å². The van der Waals surface area contributed by atoms with E-state index in [9.17, 15) is 14.7 Å². The number of carbonyl (C=O) groups excluding carboxylic acids is 2. The highest BCUT2D eigenvalue weighted by Gasteiger charge is 2.11. The van der Waals surface area contributed by atoms with Gasteiger partial charge in [0.2, 0.25) is 0 Å². The SMILES string of the molecule is COc1ccccc1NC(=O)COc1ccc(/C=C/C(=O)c2cccc(O)c2)cc1OC. The molecule has 3 rings (SSSR count). The van der Waals surface area contributed by atoms with E-state index in [1.54, 1.807) is 54.6 Å². The van der Waals surface area contributed by atoms with Crippen LogP contribution in [-0.4, -0.2) is 37.6 Å². The first kappa shape index (κ1) is 22.4. The summed E-state index contributed by atoms with van der Waals surface area (Å²) < 4.78 is 16.2. The van der Waals surface area contributed by atoms with E-state index in [4.69, 9.17) is 14.2 Å². The van der Waals surface area contributed by atoms with E-state index in [1.165, 1.54) is 32.4 Å². The molecular weight excluding hydrogens is 410 g/mol. The van der Waals surface area contributed by atoms with Gasteiger partial charge in [0.25, 0.3) is 5.91 Å². The quantitative estimate of drug-likeness (QED) is 0.386.